The van der Waals surface area contributed by atoms with Crippen molar-refractivity contribution < 1.29 is 14.3 Å². The quantitative estimate of drug-likeness (QED) is 0.724. The number of halogens is 1. The maximum absolute atomic E-state index is 12.0. The van der Waals surface area contributed by atoms with Gasteiger partial charge in [0.05, 0.1) is 14.2 Å². The van der Waals surface area contributed by atoms with Crippen LogP contribution in [0, 0.1) is 0 Å². The molecule has 7 heteroatoms. The normalized spacial score (nSPS) is 16.3. The van der Waals surface area contributed by atoms with Crippen molar-refractivity contribution in [2.24, 2.45) is 4.99 Å². The van der Waals surface area contributed by atoms with E-state index in [-0.39, 0.29) is 5.12 Å². The van der Waals surface area contributed by atoms with Crippen LogP contribution in [0.1, 0.15) is 12.5 Å². The molecule has 0 aliphatic carbocycles. The van der Waals surface area contributed by atoms with Gasteiger partial charge >= 0.3 is 0 Å². The first kappa shape index (κ1) is 16.5. The van der Waals surface area contributed by atoms with Crippen LogP contribution in [0.15, 0.2) is 27.3 Å². The minimum Gasteiger partial charge on any atom is -0.493 e. The molecule has 0 atom stereocenters. The third-order valence-corrected chi connectivity index (χ3v) is 4.98. The highest BCUT2D eigenvalue weighted by atomic mass is 79.9. The summed E-state index contributed by atoms with van der Waals surface area (Å²) < 4.78 is 12.3. The Bertz CT molecular complexity index is 629. The van der Waals surface area contributed by atoms with E-state index >= 15 is 0 Å². The molecule has 1 aromatic carbocycles. The Morgan fingerprint density at radius 3 is 2.76 bits per heavy atom. The number of benzene rings is 1. The van der Waals surface area contributed by atoms with Gasteiger partial charge in [-0.05, 0) is 35.7 Å². The third-order valence-electron chi connectivity index (χ3n) is 2.63. The van der Waals surface area contributed by atoms with Crippen molar-refractivity contribution in [2.75, 3.05) is 20.0 Å². The predicted octanol–water partition coefficient (Wildman–Crippen LogP) is 4.19. The molecule has 0 N–H and O–H groups in total. The van der Waals surface area contributed by atoms with Gasteiger partial charge in [0.1, 0.15) is 10.1 Å². The van der Waals surface area contributed by atoms with Crippen LogP contribution in [-0.2, 0) is 4.79 Å². The number of aliphatic imine (C=N–C) groups is 1. The van der Waals surface area contributed by atoms with Gasteiger partial charge in [-0.2, -0.15) is 0 Å². The number of ether oxygens (including phenoxy) is 2. The minimum absolute atomic E-state index is 0.0491. The van der Waals surface area contributed by atoms with Crippen molar-refractivity contribution in [3.63, 3.8) is 0 Å². The largest absolute Gasteiger partial charge is 0.493 e. The predicted molar refractivity (Wildman–Crippen MR) is 93.4 cm³/mol. The standard InChI is InChI=1S/C14H14BrNO3S2/c1-4-20-14-16-10(13(17)21-14)6-8-5-9(15)7-11(18-2)12(8)19-3/h5-7H,4H2,1-3H3. The summed E-state index contributed by atoms with van der Waals surface area (Å²) >= 11 is 6.15. The highest BCUT2D eigenvalue weighted by Crippen LogP contribution is 2.38. The molecular weight excluding hydrogens is 374 g/mol. The molecule has 0 amide bonds. The molecule has 1 heterocycles. The molecule has 0 saturated carbocycles. The molecule has 1 aliphatic rings. The van der Waals surface area contributed by atoms with Gasteiger partial charge in [0.2, 0.25) is 5.12 Å². The van der Waals surface area contributed by atoms with Crippen LogP contribution in [0.25, 0.3) is 6.08 Å². The number of rotatable bonds is 4. The number of carbonyl (C=O) groups is 1. The minimum atomic E-state index is -0.0491. The maximum Gasteiger partial charge on any atom is 0.244 e. The number of nitrogens with zero attached hydrogens (tertiary/aromatic N) is 1. The van der Waals surface area contributed by atoms with Gasteiger partial charge in [-0.3, -0.25) is 4.79 Å². The number of hydrogen-bond acceptors (Lipinski definition) is 6. The zero-order chi connectivity index (χ0) is 15.4. The lowest BCUT2D eigenvalue weighted by Crippen LogP contribution is -1.95. The van der Waals surface area contributed by atoms with Crippen molar-refractivity contribution in [3.05, 3.63) is 27.9 Å². The Hall–Kier alpha value is -0.920. The summed E-state index contributed by atoms with van der Waals surface area (Å²) in [5.74, 6) is 2.07. The van der Waals surface area contributed by atoms with Crippen molar-refractivity contribution in [1.82, 2.24) is 0 Å². The van der Waals surface area contributed by atoms with Crippen molar-refractivity contribution in [3.8, 4) is 11.5 Å². The second kappa shape index (κ2) is 7.38. The lowest BCUT2D eigenvalue weighted by molar-refractivity contribution is -0.107. The number of methoxy groups -OCH3 is 2. The average molecular weight is 388 g/mol. The molecule has 4 nitrogen and oxygen atoms in total. The Balaban J connectivity index is 2.45. The second-order valence-corrected chi connectivity index (χ2v) is 7.35. The van der Waals surface area contributed by atoms with Crippen LogP contribution < -0.4 is 9.47 Å². The summed E-state index contributed by atoms with van der Waals surface area (Å²) in [5.41, 5.74) is 1.17. The second-order valence-electron chi connectivity index (χ2n) is 3.96. The van der Waals surface area contributed by atoms with Gasteiger partial charge in [0, 0.05) is 10.0 Å². The van der Waals surface area contributed by atoms with Crippen molar-refractivity contribution in [2.45, 2.75) is 6.92 Å². The van der Waals surface area contributed by atoms with Crippen molar-refractivity contribution in [1.29, 1.82) is 0 Å². The summed E-state index contributed by atoms with van der Waals surface area (Å²) in [6, 6.07) is 3.68. The summed E-state index contributed by atoms with van der Waals surface area (Å²) in [6.45, 7) is 2.03. The highest BCUT2D eigenvalue weighted by molar-refractivity contribution is 9.10. The van der Waals surface area contributed by atoms with E-state index in [1.165, 1.54) is 11.8 Å². The van der Waals surface area contributed by atoms with E-state index in [0.29, 0.717) is 17.2 Å². The van der Waals surface area contributed by atoms with Crippen LogP contribution in [0.3, 0.4) is 0 Å². The summed E-state index contributed by atoms with van der Waals surface area (Å²) in [7, 11) is 3.15. The van der Waals surface area contributed by atoms with Gasteiger partial charge < -0.3 is 9.47 Å². The molecule has 0 radical (unpaired) electrons. The molecule has 0 unspecified atom stereocenters. The molecule has 112 valence electrons. The summed E-state index contributed by atoms with van der Waals surface area (Å²) in [5, 5.41) is -0.0491. The first-order valence-corrected chi connectivity index (χ1v) is 8.75. The van der Waals surface area contributed by atoms with Gasteiger partial charge in [-0.1, -0.05) is 34.6 Å². The molecule has 0 fully saturated rings. The zero-order valence-corrected chi connectivity index (χ0v) is 15.0. The molecule has 0 bridgehead atoms. The van der Waals surface area contributed by atoms with Gasteiger partial charge in [0.15, 0.2) is 11.5 Å². The number of carbonyl (C=O) groups excluding carboxylic acids is 1. The van der Waals surface area contributed by atoms with Crippen LogP contribution >= 0.6 is 39.5 Å². The SMILES string of the molecule is CCSC1=NC(=Cc2cc(Br)cc(OC)c2OC)C(=O)S1. The van der Waals surface area contributed by atoms with E-state index in [2.05, 4.69) is 20.9 Å². The molecule has 1 aromatic rings. The Morgan fingerprint density at radius 2 is 2.14 bits per heavy atom. The van der Waals surface area contributed by atoms with Crippen molar-refractivity contribution >= 4 is 55.0 Å². The molecule has 21 heavy (non-hydrogen) atoms. The topological polar surface area (TPSA) is 47.9 Å². The fourth-order valence-electron chi connectivity index (χ4n) is 1.79. The first-order valence-electron chi connectivity index (χ1n) is 6.16. The Labute approximate surface area is 140 Å². The first-order chi connectivity index (χ1) is 10.1. The lowest BCUT2D eigenvalue weighted by Gasteiger charge is -2.11. The van der Waals surface area contributed by atoms with Crippen LogP contribution in [-0.4, -0.2) is 29.5 Å². The molecular formula is C14H14BrNO3S2. The molecule has 2 rings (SSSR count). The van der Waals surface area contributed by atoms with Crippen LogP contribution in [0.2, 0.25) is 0 Å². The van der Waals surface area contributed by atoms with Gasteiger partial charge in [-0.15, -0.1) is 0 Å². The van der Waals surface area contributed by atoms with Crippen LogP contribution in [0.4, 0.5) is 0 Å². The van der Waals surface area contributed by atoms with Crippen LogP contribution in [0.5, 0.6) is 11.5 Å². The smallest absolute Gasteiger partial charge is 0.244 e. The van der Waals surface area contributed by atoms with E-state index in [4.69, 9.17) is 9.47 Å². The molecule has 0 aromatic heterocycles. The number of hydrogen-bond donors (Lipinski definition) is 0. The Kier molecular flexibility index (Phi) is 5.78. The molecule has 0 spiro atoms. The fourth-order valence-corrected chi connectivity index (χ4v) is 3.98. The lowest BCUT2D eigenvalue weighted by atomic mass is 10.1. The molecule has 0 saturated heterocycles. The molecule has 1 aliphatic heterocycles. The zero-order valence-electron chi connectivity index (χ0n) is 11.8. The van der Waals surface area contributed by atoms with E-state index in [0.717, 1.165) is 20.2 Å². The number of thioether (sulfide) groups is 2. The average Bonchev–Trinajstić information content (AvgIpc) is 2.78. The van der Waals surface area contributed by atoms with E-state index in [1.807, 2.05) is 19.1 Å². The third kappa shape index (κ3) is 3.84. The summed E-state index contributed by atoms with van der Waals surface area (Å²) in [6.07, 6.45) is 1.73. The van der Waals surface area contributed by atoms with E-state index < -0.39 is 0 Å². The Morgan fingerprint density at radius 1 is 1.38 bits per heavy atom. The van der Waals surface area contributed by atoms with E-state index in [9.17, 15) is 4.79 Å². The fraction of sp³-hybridized carbons (Fsp3) is 0.286. The van der Waals surface area contributed by atoms with Gasteiger partial charge in [-0.25, -0.2) is 4.99 Å². The monoisotopic (exact) mass is 387 g/mol. The van der Waals surface area contributed by atoms with E-state index in [1.54, 1.807) is 32.1 Å². The summed E-state index contributed by atoms with van der Waals surface area (Å²) in [4.78, 5) is 16.3. The maximum atomic E-state index is 12.0. The van der Waals surface area contributed by atoms with Gasteiger partial charge in [0.25, 0.3) is 0 Å². The highest BCUT2D eigenvalue weighted by Gasteiger charge is 2.23.